The molecule has 1 fully saturated rings. The van der Waals surface area contributed by atoms with E-state index < -0.39 is 16.8 Å². The van der Waals surface area contributed by atoms with E-state index in [4.69, 9.17) is 5.73 Å². The van der Waals surface area contributed by atoms with E-state index in [2.05, 4.69) is 4.37 Å². The van der Waals surface area contributed by atoms with Crippen molar-refractivity contribution < 1.29 is 4.39 Å². The Labute approximate surface area is 163 Å². The molecule has 0 radical (unpaired) electrons. The van der Waals surface area contributed by atoms with Gasteiger partial charge in [-0.25, -0.2) is 4.39 Å². The molecular weight excluding hydrogens is 377 g/mol. The second-order valence-electron chi connectivity index (χ2n) is 7.52. The summed E-state index contributed by atoms with van der Waals surface area (Å²) in [6.45, 7) is 3.79. The first kappa shape index (κ1) is 17.2. The quantitative estimate of drug-likeness (QED) is 0.498. The lowest BCUT2D eigenvalue weighted by atomic mass is 9.97. The average Bonchev–Trinajstić information content (AvgIpc) is 3.42. The molecule has 1 aliphatic rings. The third kappa shape index (κ3) is 2.36. The number of nitrogens with zero attached hydrogens (tertiary/aromatic N) is 1. The van der Waals surface area contributed by atoms with E-state index in [0.717, 1.165) is 29.5 Å². The molecule has 0 saturated heterocycles. The van der Waals surface area contributed by atoms with Crippen LogP contribution in [0.25, 0.3) is 32.2 Å². The standard InChI is InChI=1S/C21H18FN3O2S/c1-9-5-11(6-10(2)18(9)23)13-8-16-14(7-15(13)22)19(26)17-20(27)24-28-21(17)25(16)12-3-4-12/h5-8,12H,3-4,23H2,1-2H3,(H,24,27). The van der Waals surface area contributed by atoms with Gasteiger partial charge < -0.3 is 10.3 Å². The fourth-order valence-corrected chi connectivity index (χ4v) is 4.82. The van der Waals surface area contributed by atoms with Gasteiger partial charge >= 0.3 is 0 Å². The minimum atomic E-state index is -0.485. The molecule has 142 valence electrons. The minimum absolute atomic E-state index is 0.121. The first-order chi connectivity index (χ1) is 13.4. The molecule has 1 aliphatic carbocycles. The summed E-state index contributed by atoms with van der Waals surface area (Å²) in [5, 5.41) is 0.365. The Bertz CT molecular complexity index is 1390. The van der Waals surface area contributed by atoms with E-state index in [0.29, 0.717) is 21.6 Å². The fraction of sp³-hybridized carbons (Fsp3) is 0.238. The van der Waals surface area contributed by atoms with E-state index >= 15 is 4.39 Å². The van der Waals surface area contributed by atoms with Crippen LogP contribution >= 0.6 is 11.5 Å². The van der Waals surface area contributed by atoms with Gasteiger partial charge in [0, 0.05) is 22.7 Å². The Kier molecular flexibility index (Phi) is 3.55. The molecule has 0 unspecified atom stereocenters. The summed E-state index contributed by atoms with van der Waals surface area (Å²) in [6, 6.07) is 6.95. The van der Waals surface area contributed by atoms with Crippen molar-refractivity contribution in [2.75, 3.05) is 5.73 Å². The number of H-pyrrole nitrogens is 1. The van der Waals surface area contributed by atoms with Crippen molar-refractivity contribution >= 4 is 38.3 Å². The maximum atomic E-state index is 15.1. The molecule has 1 saturated carbocycles. The molecular formula is C21H18FN3O2S. The van der Waals surface area contributed by atoms with Crippen LogP contribution in [-0.2, 0) is 0 Å². The van der Waals surface area contributed by atoms with Gasteiger partial charge in [-0.3, -0.25) is 14.0 Å². The zero-order valence-electron chi connectivity index (χ0n) is 15.4. The van der Waals surface area contributed by atoms with Crippen LogP contribution in [0.15, 0.2) is 33.9 Å². The van der Waals surface area contributed by atoms with Crippen LogP contribution in [0.5, 0.6) is 0 Å². The molecule has 7 heteroatoms. The van der Waals surface area contributed by atoms with Crippen molar-refractivity contribution in [3.05, 3.63) is 61.8 Å². The number of hydrogen-bond acceptors (Lipinski definition) is 4. The first-order valence-electron chi connectivity index (χ1n) is 9.13. The third-order valence-corrected chi connectivity index (χ3v) is 6.42. The van der Waals surface area contributed by atoms with Gasteiger partial charge in [0.15, 0.2) is 0 Å². The molecule has 2 aromatic carbocycles. The number of aromatic nitrogens is 2. The maximum absolute atomic E-state index is 15.1. The molecule has 28 heavy (non-hydrogen) atoms. The molecule has 0 amide bonds. The van der Waals surface area contributed by atoms with Crippen molar-refractivity contribution in [3.63, 3.8) is 0 Å². The molecule has 0 spiro atoms. The highest BCUT2D eigenvalue weighted by atomic mass is 32.1. The number of rotatable bonds is 2. The number of hydrogen-bond donors (Lipinski definition) is 2. The summed E-state index contributed by atoms with van der Waals surface area (Å²) < 4.78 is 19.7. The van der Waals surface area contributed by atoms with Gasteiger partial charge in [0.25, 0.3) is 5.56 Å². The summed E-state index contributed by atoms with van der Waals surface area (Å²) in [5.74, 6) is -0.485. The van der Waals surface area contributed by atoms with Crippen molar-refractivity contribution in [2.45, 2.75) is 32.7 Å². The number of aryl methyl sites for hydroxylation is 2. The summed E-state index contributed by atoms with van der Waals surface area (Å²) in [6.07, 6.45) is 1.96. The van der Waals surface area contributed by atoms with Crippen LogP contribution in [0.3, 0.4) is 0 Å². The van der Waals surface area contributed by atoms with Crippen LogP contribution in [0.2, 0.25) is 0 Å². The van der Waals surface area contributed by atoms with Crippen LogP contribution in [-0.4, -0.2) is 8.94 Å². The maximum Gasteiger partial charge on any atom is 0.271 e. The monoisotopic (exact) mass is 395 g/mol. The zero-order chi connectivity index (χ0) is 19.7. The van der Waals surface area contributed by atoms with E-state index in [-0.39, 0.29) is 16.8 Å². The molecule has 4 aromatic rings. The summed E-state index contributed by atoms with van der Waals surface area (Å²) in [4.78, 5) is 25.7. The van der Waals surface area contributed by atoms with Crippen LogP contribution < -0.4 is 16.7 Å². The van der Waals surface area contributed by atoms with Gasteiger partial charge in [-0.15, -0.1) is 0 Å². The lowest BCUT2D eigenvalue weighted by Gasteiger charge is -2.15. The van der Waals surface area contributed by atoms with Crippen LogP contribution in [0, 0.1) is 19.7 Å². The molecule has 2 aromatic heterocycles. The van der Waals surface area contributed by atoms with Crippen molar-refractivity contribution in [1.82, 2.24) is 8.94 Å². The number of pyridine rings is 1. The summed E-state index contributed by atoms with van der Waals surface area (Å²) in [5.41, 5.74) is 9.49. The number of halogens is 1. The predicted octanol–water partition coefficient (Wildman–Crippen LogP) is 4.24. The van der Waals surface area contributed by atoms with E-state index in [1.54, 1.807) is 6.07 Å². The topological polar surface area (TPSA) is 80.9 Å². The second kappa shape index (κ2) is 5.78. The van der Waals surface area contributed by atoms with E-state index in [9.17, 15) is 9.59 Å². The molecule has 0 atom stereocenters. The van der Waals surface area contributed by atoms with Crippen LogP contribution in [0.4, 0.5) is 10.1 Å². The molecule has 3 N–H and O–H groups in total. The van der Waals surface area contributed by atoms with Gasteiger partial charge in [-0.2, -0.15) is 0 Å². The molecule has 5 nitrogen and oxygen atoms in total. The van der Waals surface area contributed by atoms with Crippen molar-refractivity contribution in [3.8, 4) is 11.1 Å². The predicted molar refractivity (Wildman–Crippen MR) is 112 cm³/mol. The smallest absolute Gasteiger partial charge is 0.271 e. The van der Waals surface area contributed by atoms with Gasteiger partial charge in [0.2, 0.25) is 5.43 Å². The Morgan fingerprint density at radius 3 is 2.46 bits per heavy atom. The van der Waals surface area contributed by atoms with Gasteiger partial charge in [0.1, 0.15) is 16.0 Å². The van der Waals surface area contributed by atoms with E-state index in [1.165, 1.54) is 17.6 Å². The van der Waals surface area contributed by atoms with Gasteiger partial charge in [0.05, 0.1) is 5.52 Å². The number of benzene rings is 2. The van der Waals surface area contributed by atoms with Crippen LogP contribution in [0.1, 0.15) is 30.0 Å². The lowest BCUT2D eigenvalue weighted by Crippen LogP contribution is -2.15. The second-order valence-corrected chi connectivity index (χ2v) is 8.31. The number of aromatic amines is 1. The normalized spacial score (nSPS) is 14.2. The Morgan fingerprint density at radius 2 is 1.82 bits per heavy atom. The number of nitrogens with two attached hydrogens (primary N) is 1. The molecule has 5 rings (SSSR count). The summed E-state index contributed by atoms with van der Waals surface area (Å²) in [7, 11) is 0. The average molecular weight is 395 g/mol. The lowest BCUT2D eigenvalue weighted by molar-refractivity contribution is 0.632. The number of fused-ring (bicyclic) bond motifs is 2. The van der Waals surface area contributed by atoms with E-state index in [1.807, 2.05) is 30.5 Å². The Morgan fingerprint density at radius 1 is 1.14 bits per heavy atom. The highest BCUT2D eigenvalue weighted by molar-refractivity contribution is 7.12. The highest BCUT2D eigenvalue weighted by Crippen LogP contribution is 2.41. The molecule has 0 bridgehead atoms. The van der Waals surface area contributed by atoms with Crippen molar-refractivity contribution in [2.24, 2.45) is 0 Å². The van der Waals surface area contributed by atoms with Gasteiger partial charge in [-0.05, 0) is 79.2 Å². The molecule has 0 aliphatic heterocycles. The number of nitrogens with one attached hydrogen (secondary N) is 1. The largest absolute Gasteiger partial charge is 0.398 e. The SMILES string of the molecule is Cc1cc(-c2cc3c(cc2F)c(=O)c2c(=O)[nH]sc2n3C2CC2)cc(C)c1N. The number of nitrogen functional groups attached to an aromatic ring is 1. The minimum Gasteiger partial charge on any atom is -0.398 e. The Balaban J connectivity index is 1.91. The highest BCUT2D eigenvalue weighted by Gasteiger charge is 2.29. The Hall–Kier alpha value is -2.93. The van der Waals surface area contributed by atoms with Crippen molar-refractivity contribution in [1.29, 1.82) is 0 Å². The number of anilines is 1. The summed E-state index contributed by atoms with van der Waals surface area (Å²) >= 11 is 1.17. The fourth-order valence-electron chi connectivity index (χ4n) is 3.90. The van der Waals surface area contributed by atoms with Gasteiger partial charge in [-0.1, -0.05) is 0 Å². The third-order valence-electron chi connectivity index (χ3n) is 5.53. The molecule has 2 heterocycles. The zero-order valence-corrected chi connectivity index (χ0v) is 16.2. The first-order valence-corrected chi connectivity index (χ1v) is 9.94.